The highest BCUT2D eigenvalue weighted by Crippen LogP contribution is 2.31. The van der Waals surface area contributed by atoms with E-state index in [1.807, 2.05) is 0 Å². The third kappa shape index (κ3) is 2.43. The van der Waals surface area contributed by atoms with Gasteiger partial charge in [0.1, 0.15) is 0 Å². The van der Waals surface area contributed by atoms with Crippen molar-refractivity contribution in [3.63, 3.8) is 0 Å². The van der Waals surface area contributed by atoms with Crippen LogP contribution < -0.4 is 5.73 Å². The molecule has 2 N–H and O–H groups in total. The minimum Gasteiger partial charge on any atom is -0.338 e. The van der Waals surface area contributed by atoms with Gasteiger partial charge in [-0.25, -0.2) is 0 Å². The second-order valence-corrected chi connectivity index (χ2v) is 5.10. The van der Waals surface area contributed by atoms with Crippen LogP contribution in [0.3, 0.4) is 0 Å². The van der Waals surface area contributed by atoms with Crippen LogP contribution in [0.2, 0.25) is 0 Å². The molecular formula is C12H21N3O. The number of nitrogens with zero attached hydrogens (tertiary/aromatic N) is 2. The third-order valence-corrected chi connectivity index (χ3v) is 3.43. The molecule has 0 amide bonds. The van der Waals surface area contributed by atoms with E-state index in [-0.39, 0.29) is 6.04 Å². The van der Waals surface area contributed by atoms with Gasteiger partial charge in [0.2, 0.25) is 5.89 Å². The molecule has 1 heterocycles. The van der Waals surface area contributed by atoms with Gasteiger partial charge >= 0.3 is 0 Å². The van der Waals surface area contributed by atoms with Gasteiger partial charge in [0.25, 0.3) is 0 Å². The molecule has 0 radical (unpaired) electrons. The van der Waals surface area contributed by atoms with Crippen molar-refractivity contribution in [2.45, 2.75) is 57.9 Å². The Labute approximate surface area is 96.6 Å². The van der Waals surface area contributed by atoms with Crippen LogP contribution in [0.4, 0.5) is 0 Å². The normalized spacial score (nSPS) is 20.2. The first-order valence-electron chi connectivity index (χ1n) is 6.27. The second kappa shape index (κ2) is 4.95. The summed E-state index contributed by atoms with van der Waals surface area (Å²) in [5.74, 6) is 2.28. The van der Waals surface area contributed by atoms with E-state index in [9.17, 15) is 0 Å². The molecule has 0 saturated heterocycles. The van der Waals surface area contributed by atoms with Crippen molar-refractivity contribution in [2.24, 2.45) is 11.7 Å². The summed E-state index contributed by atoms with van der Waals surface area (Å²) in [6, 6.07) is -0.134. The summed E-state index contributed by atoms with van der Waals surface area (Å²) in [6.45, 7) is 4.13. The number of hydrogen-bond acceptors (Lipinski definition) is 4. The van der Waals surface area contributed by atoms with Gasteiger partial charge in [-0.05, 0) is 18.8 Å². The van der Waals surface area contributed by atoms with Gasteiger partial charge in [0.05, 0.1) is 6.04 Å². The van der Waals surface area contributed by atoms with E-state index >= 15 is 0 Å². The highest BCUT2D eigenvalue weighted by Gasteiger charge is 2.23. The molecule has 0 aromatic carbocycles. The van der Waals surface area contributed by atoms with Gasteiger partial charge < -0.3 is 10.3 Å². The monoisotopic (exact) mass is 223 g/mol. The Hall–Kier alpha value is -0.900. The van der Waals surface area contributed by atoms with Crippen molar-refractivity contribution < 1.29 is 4.52 Å². The minimum absolute atomic E-state index is 0.134. The molecule has 0 bridgehead atoms. The van der Waals surface area contributed by atoms with Gasteiger partial charge in [0.15, 0.2) is 5.82 Å². The van der Waals surface area contributed by atoms with Crippen LogP contribution >= 0.6 is 0 Å². The lowest BCUT2D eigenvalue weighted by Gasteiger charge is -2.17. The van der Waals surface area contributed by atoms with E-state index in [1.54, 1.807) is 0 Å². The molecule has 1 aromatic rings. The SMILES string of the molecule is CC(C)[C@H](N)c1nc(C2CCCCC2)no1. The summed E-state index contributed by atoms with van der Waals surface area (Å²) < 4.78 is 5.25. The zero-order valence-corrected chi connectivity index (χ0v) is 10.1. The molecule has 4 heteroatoms. The summed E-state index contributed by atoms with van der Waals surface area (Å²) >= 11 is 0. The summed E-state index contributed by atoms with van der Waals surface area (Å²) in [7, 11) is 0. The molecular weight excluding hydrogens is 202 g/mol. The lowest BCUT2D eigenvalue weighted by Crippen LogP contribution is -2.17. The van der Waals surface area contributed by atoms with E-state index < -0.39 is 0 Å². The molecule has 0 spiro atoms. The molecule has 1 fully saturated rings. The zero-order valence-electron chi connectivity index (χ0n) is 10.1. The molecule has 4 nitrogen and oxygen atoms in total. The zero-order chi connectivity index (χ0) is 11.5. The van der Waals surface area contributed by atoms with Crippen LogP contribution in [0.5, 0.6) is 0 Å². The first-order chi connectivity index (χ1) is 7.68. The highest BCUT2D eigenvalue weighted by molar-refractivity contribution is 4.99. The van der Waals surface area contributed by atoms with E-state index in [0.717, 1.165) is 5.82 Å². The summed E-state index contributed by atoms with van der Waals surface area (Å²) in [6.07, 6.45) is 6.29. The first kappa shape index (κ1) is 11.6. The van der Waals surface area contributed by atoms with E-state index in [0.29, 0.717) is 17.7 Å². The van der Waals surface area contributed by atoms with Crippen LogP contribution in [-0.4, -0.2) is 10.1 Å². The molecule has 2 rings (SSSR count). The molecule has 1 aliphatic carbocycles. The van der Waals surface area contributed by atoms with Crippen LogP contribution in [0.15, 0.2) is 4.52 Å². The molecule has 1 atom stereocenters. The van der Waals surface area contributed by atoms with E-state index in [4.69, 9.17) is 10.3 Å². The predicted molar refractivity (Wildman–Crippen MR) is 61.9 cm³/mol. The average Bonchev–Trinajstić information content (AvgIpc) is 2.78. The van der Waals surface area contributed by atoms with Crippen LogP contribution in [0, 0.1) is 5.92 Å². The maximum Gasteiger partial charge on any atom is 0.243 e. The van der Waals surface area contributed by atoms with Gasteiger partial charge in [-0.1, -0.05) is 38.3 Å². The fourth-order valence-corrected chi connectivity index (χ4v) is 2.19. The average molecular weight is 223 g/mol. The smallest absolute Gasteiger partial charge is 0.243 e. The van der Waals surface area contributed by atoms with Crippen LogP contribution in [-0.2, 0) is 0 Å². The largest absolute Gasteiger partial charge is 0.338 e. The lowest BCUT2D eigenvalue weighted by atomic mass is 9.89. The van der Waals surface area contributed by atoms with Gasteiger partial charge in [-0.3, -0.25) is 0 Å². The maximum absolute atomic E-state index is 5.98. The highest BCUT2D eigenvalue weighted by atomic mass is 16.5. The van der Waals surface area contributed by atoms with Crippen molar-refractivity contribution in [2.75, 3.05) is 0 Å². The summed E-state index contributed by atoms with van der Waals surface area (Å²) in [5, 5.41) is 4.08. The Morgan fingerprint density at radius 1 is 1.25 bits per heavy atom. The maximum atomic E-state index is 5.98. The Bertz CT molecular complexity index is 329. The fraction of sp³-hybridized carbons (Fsp3) is 0.833. The lowest BCUT2D eigenvalue weighted by molar-refractivity contribution is 0.317. The number of rotatable bonds is 3. The van der Waals surface area contributed by atoms with Gasteiger partial charge in [-0.15, -0.1) is 0 Å². The minimum atomic E-state index is -0.134. The van der Waals surface area contributed by atoms with Crippen LogP contribution in [0.1, 0.15) is 69.6 Å². The third-order valence-electron chi connectivity index (χ3n) is 3.43. The van der Waals surface area contributed by atoms with Gasteiger partial charge in [0, 0.05) is 5.92 Å². The number of hydrogen-bond donors (Lipinski definition) is 1. The molecule has 1 saturated carbocycles. The van der Waals surface area contributed by atoms with E-state index in [2.05, 4.69) is 24.0 Å². The predicted octanol–water partition coefficient (Wildman–Crippen LogP) is 2.77. The fourth-order valence-electron chi connectivity index (χ4n) is 2.19. The molecule has 1 aromatic heterocycles. The number of nitrogens with two attached hydrogens (primary N) is 1. The van der Waals surface area contributed by atoms with Crippen molar-refractivity contribution in [1.82, 2.24) is 10.1 Å². The molecule has 0 aliphatic heterocycles. The molecule has 90 valence electrons. The first-order valence-corrected chi connectivity index (χ1v) is 6.27. The summed E-state index contributed by atoms with van der Waals surface area (Å²) in [4.78, 5) is 4.45. The molecule has 0 unspecified atom stereocenters. The second-order valence-electron chi connectivity index (χ2n) is 5.10. The molecule has 16 heavy (non-hydrogen) atoms. The topological polar surface area (TPSA) is 64.9 Å². The Morgan fingerprint density at radius 3 is 2.56 bits per heavy atom. The molecule has 1 aliphatic rings. The van der Waals surface area contributed by atoms with Crippen molar-refractivity contribution in [1.29, 1.82) is 0 Å². The Kier molecular flexibility index (Phi) is 3.59. The Balaban J connectivity index is 2.06. The van der Waals surface area contributed by atoms with Gasteiger partial charge in [-0.2, -0.15) is 4.98 Å². The Morgan fingerprint density at radius 2 is 1.94 bits per heavy atom. The number of aromatic nitrogens is 2. The van der Waals surface area contributed by atoms with Crippen molar-refractivity contribution in [3.05, 3.63) is 11.7 Å². The van der Waals surface area contributed by atoms with Crippen molar-refractivity contribution >= 4 is 0 Å². The van der Waals surface area contributed by atoms with Crippen molar-refractivity contribution in [3.8, 4) is 0 Å². The quantitative estimate of drug-likeness (QED) is 0.855. The standard InChI is InChI=1S/C12H21N3O/c1-8(2)10(13)12-14-11(15-16-12)9-6-4-3-5-7-9/h8-10H,3-7,13H2,1-2H3/t10-/m0/s1. The summed E-state index contributed by atoms with van der Waals surface area (Å²) in [5.41, 5.74) is 5.98. The van der Waals surface area contributed by atoms with E-state index in [1.165, 1.54) is 32.1 Å². The van der Waals surface area contributed by atoms with Crippen LogP contribution in [0.25, 0.3) is 0 Å².